The zero-order valence-corrected chi connectivity index (χ0v) is 12.2. The zero-order valence-electron chi connectivity index (χ0n) is 12.2. The maximum absolute atomic E-state index is 9.15. The molecule has 19 heavy (non-hydrogen) atoms. The molecule has 1 saturated carbocycles. The summed E-state index contributed by atoms with van der Waals surface area (Å²) in [6.07, 6.45) is 6.66. The predicted molar refractivity (Wildman–Crippen MR) is 76.9 cm³/mol. The molecule has 104 valence electrons. The molecule has 1 aliphatic carbocycles. The fourth-order valence-electron chi connectivity index (χ4n) is 3.01. The average Bonchev–Trinajstić information content (AvgIpc) is 2.66. The second-order valence-electron chi connectivity index (χ2n) is 5.89. The van der Waals surface area contributed by atoms with Crippen LogP contribution in [0.2, 0.25) is 0 Å². The van der Waals surface area contributed by atoms with E-state index >= 15 is 0 Å². The third kappa shape index (κ3) is 3.28. The van der Waals surface area contributed by atoms with E-state index in [4.69, 9.17) is 5.26 Å². The van der Waals surface area contributed by atoms with Crippen molar-refractivity contribution < 1.29 is 0 Å². The van der Waals surface area contributed by atoms with Crippen molar-refractivity contribution in [3.63, 3.8) is 0 Å². The first-order valence-corrected chi connectivity index (χ1v) is 7.29. The number of nitrogens with one attached hydrogen (secondary N) is 1. The standard InChI is InChI=1S/C15H24N4/c1-11-4-6-13(7-5-11)8-9-17-15-14(10-16)12(2)18-19(15)3/h11,13,17H,4-9H2,1-3H3. The van der Waals surface area contributed by atoms with Crippen molar-refractivity contribution in [1.82, 2.24) is 9.78 Å². The third-order valence-corrected chi connectivity index (χ3v) is 4.31. The summed E-state index contributed by atoms with van der Waals surface area (Å²) in [6, 6.07) is 2.23. The fourth-order valence-corrected chi connectivity index (χ4v) is 3.01. The first-order valence-electron chi connectivity index (χ1n) is 7.29. The van der Waals surface area contributed by atoms with Gasteiger partial charge in [0.05, 0.1) is 5.69 Å². The Morgan fingerprint density at radius 2 is 2.05 bits per heavy atom. The quantitative estimate of drug-likeness (QED) is 0.904. The summed E-state index contributed by atoms with van der Waals surface area (Å²) in [7, 11) is 1.89. The second-order valence-corrected chi connectivity index (χ2v) is 5.89. The van der Waals surface area contributed by atoms with Gasteiger partial charge in [0.15, 0.2) is 0 Å². The van der Waals surface area contributed by atoms with E-state index in [-0.39, 0.29) is 0 Å². The number of nitriles is 1. The van der Waals surface area contributed by atoms with E-state index < -0.39 is 0 Å². The summed E-state index contributed by atoms with van der Waals surface area (Å²) in [5.41, 5.74) is 1.48. The van der Waals surface area contributed by atoms with Crippen molar-refractivity contribution in [3.05, 3.63) is 11.3 Å². The van der Waals surface area contributed by atoms with Gasteiger partial charge in [-0.2, -0.15) is 10.4 Å². The van der Waals surface area contributed by atoms with E-state index in [0.29, 0.717) is 5.56 Å². The summed E-state index contributed by atoms with van der Waals surface area (Å²) in [5, 5.41) is 16.8. The molecule has 0 saturated heterocycles. The second kappa shape index (κ2) is 6.10. The summed E-state index contributed by atoms with van der Waals surface area (Å²) in [5.74, 6) is 2.63. The molecule has 0 bridgehead atoms. The van der Waals surface area contributed by atoms with Crippen molar-refractivity contribution in [2.45, 2.75) is 46.0 Å². The van der Waals surface area contributed by atoms with Gasteiger partial charge in [0.25, 0.3) is 0 Å². The van der Waals surface area contributed by atoms with Gasteiger partial charge in [-0.05, 0) is 25.2 Å². The number of nitrogens with zero attached hydrogens (tertiary/aromatic N) is 3. The molecule has 1 heterocycles. The molecule has 1 aliphatic rings. The van der Waals surface area contributed by atoms with E-state index in [9.17, 15) is 0 Å². The van der Waals surface area contributed by atoms with E-state index in [1.54, 1.807) is 4.68 Å². The van der Waals surface area contributed by atoms with E-state index in [2.05, 4.69) is 23.4 Å². The Morgan fingerprint density at radius 3 is 2.68 bits per heavy atom. The molecular formula is C15H24N4. The Balaban J connectivity index is 1.85. The molecule has 0 amide bonds. The molecule has 1 fully saturated rings. The van der Waals surface area contributed by atoms with Gasteiger partial charge in [-0.3, -0.25) is 4.68 Å². The lowest BCUT2D eigenvalue weighted by atomic mass is 9.81. The number of rotatable bonds is 4. The van der Waals surface area contributed by atoms with Crippen LogP contribution in [-0.4, -0.2) is 16.3 Å². The van der Waals surface area contributed by atoms with Crippen molar-refractivity contribution in [2.24, 2.45) is 18.9 Å². The maximum atomic E-state index is 9.15. The number of hydrogen-bond donors (Lipinski definition) is 1. The molecule has 4 nitrogen and oxygen atoms in total. The summed E-state index contributed by atoms with van der Waals surface area (Å²) >= 11 is 0. The Labute approximate surface area is 115 Å². The smallest absolute Gasteiger partial charge is 0.142 e. The molecule has 1 N–H and O–H groups in total. The molecule has 2 rings (SSSR count). The highest BCUT2D eigenvalue weighted by atomic mass is 15.3. The first-order chi connectivity index (χ1) is 9.11. The summed E-state index contributed by atoms with van der Waals surface area (Å²) in [6.45, 7) is 5.17. The Hall–Kier alpha value is -1.50. The lowest BCUT2D eigenvalue weighted by molar-refractivity contribution is 0.282. The zero-order chi connectivity index (χ0) is 13.8. The van der Waals surface area contributed by atoms with E-state index in [0.717, 1.165) is 29.9 Å². The minimum atomic E-state index is 0.680. The van der Waals surface area contributed by atoms with Gasteiger partial charge < -0.3 is 5.32 Å². The van der Waals surface area contributed by atoms with E-state index in [1.165, 1.54) is 32.1 Å². The molecule has 0 aromatic carbocycles. The van der Waals surface area contributed by atoms with Crippen LogP contribution in [0.1, 0.15) is 50.3 Å². The lowest BCUT2D eigenvalue weighted by Gasteiger charge is -2.26. The largest absolute Gasteiger partial charge is 0.369 e. The normalized spacial score (nSPS) is 23.1. The highest BCUT2D eigenvalue weighted by Crippen LogP contribution is 2.30. The van der Waals surface area contributed by atoms with Crippen LogP contribution in [0, 0.1) is 30.1 Å². The Bertz CT molecular complexity index is 461. The van der Waals surface area contributed by atoms with Crippen LogP contribution in [0.3, 0.4) is 0 Å². The summed E-state index contributed by atoms with van der Waals surface area (Å²) < 4.78 is 1.77. The summed E-state index contributed by atoms with van der Waals surface area (Å²) in [4.78, 5) is 0. The molecule has 0 aliphatic heterocycles. The molecule has 0 radical (unpaired) electrons. The molecule has 0 unspecified atom stereocenters. The van der Waals surface area contributed by atoms with Crippen molar-refractivity contribution in [3.8, 4) is 6.07 Å². The van der Waals surface area contributed by atoms with Crippen LogP contribution < -0.4 is 5.32 Å². The molecule has 0 atom stereocenters. The number of aromatic nitrogens is 2. The number of hydrogen-bond acceptors (Lipinski definition) is 3. The van der Waals surface area contributed by atoms with Crippen molar-refractivity contribution >= 4 is 5.82 Å². The maximum Gasteiger partial charge on any atom is 0.142 e. The van der Waals surface area contributed by atoms with Gasteiger partial charge in [-0.25, -0.2) is 0 Å². The molecular weight excluding hydrogens is 236 g/mol. The fraction of sp³-hybridized carbons (Fsp3) is 0.733. The molecule has 1 aromatic heterocycles. The van der Waals surface area contributed by atoms with Crippen molar-refractivity contribution in [2.75, 3.05) is 11.9 Å². The average molecular weight is 260 g/mol. The highest BCUT2D eigenvalue weighted by Gasteiger charge is 2.18. The minimum Gasteiger partial charge on any atom is -0.369 e. The van der Waals surface area contributed by atoms with Crippen LogP contribution in [0.4, 0.5) is 5.82 Å². The monoisotopic (exact) mass is 260 g/mol. The molecule has 4 heteroatoms. The topological polar surface area (TPSA) is 53.6 Å². The predicted octanol–water partition coefficient (Wildman–Crippen LogP) is 3.23. The van der Waals surface area contributed by atoms with Gasteiger partial charge in [-0.1, -0.05) is 32.6 Å². The van der Waals surface area contributed by atoms with Crippen LogP contribution in [0.15, 0.2) is 0 Å². The van der Waals surface area contributed by atoms with Gasteiger partial charge in [0.1, 0.15) is 17.5 Å². The lowest BCUT2D eigenvalue weighted by Crippen LogP contribution is -2.16. The van der Waals surface area contributed by atoms with Gasteiger partial charge in [-0.15, -0.1) is 0 Å². The molecule has 0 spiro atoms. The minimum absolute atomic E-state index is 0.680. The molecule has 1 aromatic rings. The van der Waals surface area contributed by atoms with Crippen LogP contribution in [0.5, 0.6) is 0 Å². The first kappa shape index (κ1) is 13.9. The van der Waals surface area contributed by atoms with Gasteiger partial charge >= 0.3 is 0 Å². The third-order valence-electron chi connectivity index (χ3n) is 4.31. The van der Waals surface area contributed by atoms with Crippen LogP contribution in [0.25, 0.3) is 0 Å². The number of aryl methyl sites for hydroxylation is 2. The van der Waals surface area contributed by atoms with Crippen molar-refractivity contribution in [1.29, 1.82) is 5.26 Å². The Kier molecular flexibility index (Phi) is 4.47. The van der Waals surface area contributed by atoms with Crippen LogP contribution >= 0.6 is 0 Å². The van der Waals surface area contributed by atoms with Gasteiger partial charge in [0, 0.05) is 13.6 Å². The highest BCUT2D eigenvalue weighted by molar-refractivity contribution is 5.54. The van der Waals surface area contributed by atoms with Gasteiger partial charge in [0.2, 0.25) is 0 Å². The van der Waals surface area contributed by atoms with E-state index in [1.807, 2.05) is 14.0 Å². The van der Waals surface area contributed by atoms with Crippen LogP contribution in [-0.2, 0) is 7.05 Å². The SMILES string of the molecule is Cc1nn(C)c(NCCC2CCC(C)CC2)c1C#N. The number of anilines is 1. The Morgan fingerprint density at radius 1 is 1.37 bits per heavy atom.